The zero-order valence-corrected chi connectivity index (χ0v) is 13.3. The standard InChI is InChI=1S/C19H20FNO3/c20-14-5-3-13(4-6-14)10-18(22)21-15-7-8-16(21)12-19(23,11-15)17-2-1-9-24-17/h1-6,9,15-16,23H,7-8,10-12H2. The average molecular weight is 329 g/mol. The van der Waals surface area contributed by atoms with Gasteiger partial charge in [0.05, 0.1) is 12.7 Å². The average Bonchev–Trinajstić information content (AvgIpc) is 3.18. The van der Waals surface area contributed by atoms with Gasteiger partial charge >= 0.3 is 0 Å². The fourth-order valence-electron chi connectivity index (χ4n) is 4.24. The van der Waals surface area contributed by atoms with Crippen LogP contribution >= 0.6 is 0 Å². The maximum atomic E-state index is 13.0. The first-order valence-corrected chi connectivity index (χ1v) is 8.37. The van der Waals surface area contributed by atoms with Gasteiger partial charge in [0, 0.05) is 24.9 Å². The molecule has 2 saturated heterocycles. The van der Waals surface area contributed by atoms with Crippen LogP contribution in [0.5, 0.6) is 0 Å². The van der Waals surface area contributed by atoms with Crippen molar-refractivity contribution in [3.05, 3.63) is 59.8 Å². The number of halogens is 1. The van der Waals surface area contributed by atoms with Gasteiger partial charge in [-0.15, -0.1) is 0 Å². The molecular formula is C19H20FNO3. The number of amides is 1. The van der Waals surface area contributed by atoms with Crippen molar-refractivity contribution in [1.82, 2.24) is 4.90 Å². The molecule has 2 bridgehead atoms. The van der Waals surface area contributed by atoms with Crippen molar-refractivity contribution in [3.8, 4) is 0 Å². The predicted octanol–water partition coefficient (Wildman–Crippen LogP) is 3.00. The number of fused-ring (bicyclic) bond motifs is 2. The normalized spacial score (nSPS) is 29.0. The SMILES string of the molecule is O=C(Cc1ccc(F)cc1)N1C2CCC1CC(O)(c1ccco1)C2. The van der Waals surface area contributed by atoms with Gasteiger partial charge in [0.2, 0.25) is 5.91 Å². The zero-order valence-electron chi connectivity index (χ0n) is 13.3. The Hall–Kier alpha value is -2.14. The quantitative estimate of drug-likeness (QED) is 0.942. The predicted molar refractivity (Wildman–Crippen MR) is 85.6 cm³/mol. The highest BCUT2D eigenvalue weighted by molar-refractivity contribution is 5.80. The fourth-order valence-corrected chi connectivity index (χ4v) is 4.24. The number of furan rings is 1. The van der Waals surface area contributed by atoms with Gasteiger partial charge in [-0.2, -0.15) is 0 Å². The van der Waals surface area contributed by atoms with E-state index in [1.165, 1.54) is 12.1 Å². The number of hydrogen-bond acceptors (Lipinski definition) is 3. The molecular weight excluding hydrogens is 309 g/mol. The molecule has 126 valence electrons. The molecule has 2 aliphatic heterocycles. The molecule has 0 saturated carbocycles. The molecule has 2 fully saturated rings. The smallest absolute Gasteiger partial charge is 0.227 e. The van der Waals surface area contributed by atoms with Crippen molar-refractivity contribution in [2.75, 3.05) is 0 Å². The van der Waals surface area contributed by atoms with Gasteiger partial charge in [-0.05, 0) is 42.7 Å². The van der Waals surface area contributed by atoms with Crippen molar-refractivity contribution < 1.29 is 18.7 Å². The number of piperidine rings is 1. The number of carbonyl (C=O) groups excluding carboxylic acids is 1. The van der Waals surface area contributed by atoms with E-state index in [2.05, 4.69) is 0 Å². The molecule has 1 N–H and O–H groups in total. The van der Waals surface area contributed by atoms with E-state index in [1.807, 2.05) is 4.90 Å². The van der Waals surface area contributed by atoms with Crippen LogP contribution < -0.4 is 0 Å². The number of aliphatic hydroxyl groups is 1. The lowest BCUT2D eigenvalue weighted by Gasteiger charge is -2.43. The van der Waals surface area contributed by atoms with E-state index in [9.17, 15) is 14.3 Å². The molecule has 2 atom stereocenters. The van der Waals surface area contributed by atoms with Gasteiger partial charge in [0.25, 0.3) is 0 Å². The molecule has 4 rings (SSSR count). The van der Waals surface area contributed by atoms with Crippen LogP contribution in [-0.4, -0.2) is 28.0 Å². The Kier molecular flexibility index (Phi) is 3.68. The number of hydrogen-bond donors (Lipinski definition) is 1. The molecule has 0 spiro atoms. The second-order valence-electron chi connectivity index (χ2n) is 6.91. The molecule has 5 heteroatoms. The molecule has 0 aliphatic carbocycles. The second-order valence-corrected chi connectivity index (χ2v) is 6.91. The third-order valence-electron chi connectivity index (χ3n) is 5.30. The van der Waals surface area contributed by atoms with Crippen LogP contribution in [0.1, 0.15) is 37.0 Å². The Balaban J connectivity index is 1.50. The summed E-state index contributed by atoms with van der Waals surface area (Å²) in [5, 5.41) is 11.0. The summed E-state index contributed by atoms with van der Waals surface area (Å²) in [5.41, 5.74) is -0.171. The third-order valence-corrected chi connectivity index (χ3v) is 5.30. The summed E-state index contributed by atoms with van der Waals surface area (Å²) < 4.78 is 18.4. The van der Waals surface area contributed by atoms with E-state index in [4.69, 9.17) is 4.42 Å². The van der Waals surface area contributed by atoms with Crippen LogP contribution in [0.3, 0.4) is 0 Å². The highest BCUT2D eigenvalue weighted by Gasteiger charge is 2.50. The summed E-state index contributed by atoms with van der Waals surface area (Å²) in [6, 6.07) is 9.71. The maximum Gasteiger partial charge on any atom is 0.227 e. The molecule has 3 heterocycles. The fraction of sp³-hybridized carbons (Fsp3) is 0.421. The molecule has 2 aliphatic rings. The van der Waals surface area contributed by atoms with Crippen LogP contribution in [0.2, 0.25) is 0 Å². The van der Waals surface area contributed by atoms with Crippen LogP contribution in [0, 0.1) is 5.82 Å². The van der Waals surface area contributed by atoms with E-state index in [0.29, 0.717) is 18.6 Å². The zero-order chi connectivity index (χ0) is 16.7. The van der Waals surface area contributed by atoms with Gasteiger partial charge in [-0.25, -0.2) is 4.39 Å². The Morgan fingerprint density at radius 1 is 1.21 bits per heavy atom. The lowest BCUT2D eigenvalue weighted by atomic mass is 9.84. The minimum atomic E-state index is -0.984. The monoisotopic (exact) mass is 329 g/mol. The molecule has 1 aromatic heterocycles. The summed E-state index contributed by atoms with van der Waals surface area (Å²) >= 11 is 0. The van der Waals surface area contributed by atoms with Crippen LogP contribution in [0.25, 0.3) is 0 Å². The van der Waals surface area contributed by atoms with Gasteiger partial charge in [0.15, 0.2) is 0 Å². The van der Waals surface area contributed by atoms with Gasteiger partial charge in [-0.1, -0.05) is 12.1 Å². The second kappa shape index (κ2) is 5.74. The highest BCUT2D eigenvalue weighted by Crippen LogP contribution is 2.46. The first-order valence-electron chi connectivity index (χ1n) is 8.37. The van der Waals surface area contributed by atoms with Crippen molar-refractivity contribution >= 4 is 5.91 Å². The third kappa shape index (κ3) is 2.63. The number of rotatable bonds is 3. The van der Waals surface area contributed by atoms with Crippen molar-refractivity contribution in [2.24, 2.45) is 0 Å². The Morgan fingerprint density at radius 3 is 2.46 bits per heavy atom. The molecule has 24 heavy (non-hydrogen) atoms. The lowest BCUT2D eigenvalue weighted by molar-refractivity contribution is -0.142. The van der Waals surface area contributed by atoms with Crippen LogP contribution in [0.15, 0.2) is 47.1 Å². The Bertz CT molecular complexity index is 712. The van der Waals surface area contributed by atoms with Crippen LogP contribution in [0.4, 0.5) is 4.39 Å². The molecule has 4 nitrogen and oxygen atoms in total. The molecule has 1 aromatic carbocycles. The maximum absolute atomic E-state index is 13.0. The summed E-state index contributed by atoms with van der Waals surface area (Å²) in [5.74, 6) is 0.341. The summed E-state index contributed by atoms with van der Waals surface area (Å²) in [4.78, 5) is 14.7. The largest absolute Gasteiger partial charge is 0.466 e. The number of benzene rings is 1. The summed E-state index contributed by atoms with van der Waals surface area (Å²) in [7, 11) is 0. The molecule has 1 amide bonds. The number of carbonyl (C=O) groups is 1. The van der Waals surface area contributed by atoms with E-state index >= 15 is 0 Å². The van der Waals surface area contributed by atoms with E-state index in [0.717, 1.165) is 18.4 Å². The van der Waals surface area contributed by atoms with Gasteiger partial charge < -0.3 is 14.4 Å². The van der Waals surface area contributed by atoms with Gasteiger partial charge in [0.1, 0.15) is 17.2 Å². The number of nitrogens with zero attached hydrogens (tertiary/aromatic N) is 1. The Labute approximate surface area is 139 Å². The molecule has 2 unspecified atom stereocenters. The molecule has 2 aromatic rings. The minimum Gasteiger partial charge on any atom is -0.466 e. The van der Waals surface area contributed by atoms with E-state index in [1.54, 1.807) is 30.5 Å². The van der Waals surface area contributed by atoms with Crippen molar-refractivity contribution in [1.29, 1.82) is 0 Å². The van der Waals surface area contributed by atoms with E-state index < -0.39 is 5.60 Å². The van der Waals surface area contributed by atoms with Crippen molar-refractivity contribution in [3.63, 3.8) is 0 Å². The first kappa shape index (κ1) is 15.4. The highest BCUT2D eigenvalue weighted by atomic mass is 19.1. The first-order chi connectivity index (χ1) is 11.5. The van der Waals surface area contributed by atoms with E-state index in [-0.39, 0.29) is 30.2 Å². The van der Waals surface area contributed by atoms with Gasteiger partial charge in [-0.3, -0.25) is 4.79 Å². The minimum absolute atomic E-state index is 0.0341. The summed E-state index contributed by atoms with van der Waals surface area (Å²) in [6.45, 7) is 0. The Morgan fingerprint density at radius 2 is 1.88 bits per heavy atom. The summed E-state index contributed by atoms with van der Waals surface area (Å²) in [6.07, 6.45) is 4.66. The topological polar surface area (TPSA) is 53.7 Å². The molecule has 0 radical (unpaired) electrons. The lowest BCUT2D eigenvalue weighted by Crippen LogP contribution is -2.52. The van der Waals surface area contributed by atoms with Crippen LogP contribution in [-0.2, 0) is 16.8 Å². The van der Waals surface area contributed by atoms with Crippen molar-refractivity contribution in [2.45, 2.75) is 49.8 Å².